The Morgan fingerprint density at radius 1 is 1.04 bits per heavy atom. The Bertz CT molecular complexity index is 785. The highest BCUT2D eigenvalue weighted by Gasteiger charge is 2.31. The molecule has 1 aromatic rings. The standard InChI is InChI=1S/C15H18N2O7S/c18-14(10-15(19)20)16-3-5-17(6-4-16)25(21,22)11-1-2-12-13(9-11)24-8-7-23-12/h1-2,9H,3-8,10H2,(H,19,20). The van der Waals surface area contributed by atoms with E-state index in [0.29, 0.717) is 24.7 Å². The molecule has 1 amide bonds. The monoisotopic (exact) mass is 370 g/mol. The highest BCUT2D eigenvalue weighted by atomic mass is 32.2. The van der Waals surface area contributed by atoms with Crippen LogP contribution in [0.15, 0.2) is 23.1 Å². The number of carboxylic acid groups (broad SMARTS) is 1. The zero-order valence-corrected chi connectivity index (χ0v) is 14.2. The number of hydrogen-bond donors (Lipinski definition) is 1. The SMILES string of the molecule is O=C(O)CC(=O)N1CCN(S(=O)(=O)c2ccc3c(c2)OCCO3)CC1. The fraction of sp³-hybridized carbons (Fsp3) is 0.467. The van der Waals surface area contributed by atoms with E-state index in [1.54, 1.807) is 6.07 Å². The lowest BCUT2D eigenvalue weighted by atomic mass is 10.3. The number of benzene rings is 1. The van der Waals surface area contributed by atoms with Gasteiger partial charge in [-0.15, -0.1) is 0 Å². The molecule has 0 aromatic heterocycles. The molecule has 136 valence electrons. The maximum Gasteiger partial charge on any atom is 0.312 e. The van der Waals surface area contributed by atoms with Gasteiger partial charge in [0, 0.05) is 32.2 Å². The first-order valence-electron chi connectivity index (χ1n) is 7.77. The van der Waals surface area contributed by atoms with E-state index in [-0.39, 0.29) is 31.1 Å². The molecule has 2 heterocycles. The molecule has 0 spiro atoms. The third-order valence-corrected chi connectivity index (χ3v) is 5.94. The number of piperazine rings is 1. The van der Waals surface area contributed by atoms with Crippen molar-refractivity contribution in [1.82, 2.24) is 9.21 Å². The normalized spacial score (nSPS) is 18.0. The number of fused-ring (bicyclic) bond motifs is 1. The number of carbonyl (C=O) groups is 2. The van der Waals surface area contributed by atoms with Crippen molar-refractivity contribution in [3.63, 3.8) is 0 Å². The zero-order valence-electron chi connectivity index (χ0n) is 13.4. The van der Waals surface area contributed by atoms with Crippen molar-refractivity contribution in [2.24, 2.45) is 0 Å². The van der Waals surface area contributed by atoms with E-state index in [0.717, 1.165) is 0 Å². The van der Waals surface area contributed by atoms with Gasteiger partial charge < -0.3 is 19.5 Å². The van der Waals surface area contributed by atoms with E-state index in [2.05, 4.69) is 0 Å². The Hall–Kier alpha value is -2.33. The molecule has 1 N–H and O–H groups in total. The number of hydrogen-bond acceptors (Lipinski definition) is 6. The fourth-order valence-corrected chi connectivity index (χ4v) is 4.19. The molecule has 9 nitrogen and oxygen atoms in total. The van der Waals surface area contributed by atoms with E-state index in [4.69, 9.17) is 14.6 Å². The molecule has 1 fully saturated rings. The minimum atomic E-state index is -3.72. The van der Waals surface area contributed by atoms with Crippen molar-refractivity contribution in [3.05, 3.63) is 18.2 Å². The first-order chi connectivity index (χ1) is 11.9. The molecule has 1 aromatic carbocycles. The molecule has 0 saturated carbocycles. The summed E-state index contributed by atoms with van der Waals surface area (Å²) in [6, 6.07) is 4.46. The van der Waals surface area contributed by atoms with Gasteiger partial charge in [0.15, 0.2) is 11.5 Å². The Kier molecular flexibility index (Phi) is 4.82. The van der Waals surface area contributed by atoms with Gasteiger partial charge in [-0.2, -0.15) is 4.31 Å². The number of aliphatic carboxylic acids is 1. The highest BCUT2D eigenvalue weighted by molar-refractivity contribution is 7.89. The summed E-state index contributed by atoms with van der Waals surface area (Å²) in [5.74, 6) is -0.808. The third kappa shape index (κ3) is 3.69. The molecule has 10 heteroatoms. The lowest BCUT2D eigenvalue weighted by Gasteiger charge is -2.34. The van der Waals surface area contributed by atoms with Gasteiger partial charge in [0.2, 0.25) is 15.9 Å². The maximum atomic E-state index is 12.8. The first kappa shape index (κ1) is 17.5. The number of ether oxygens (including phenoxy) is 2. The van der Waals surface area contributed by atoms with Gasteiger partial charge in [-0.3, -0.25) is 9.59 Å². The van der Waals surface area contributed by atoms with Crippen LogP contribution in [0.5, 0.6) is 11.5 Å². The molecule has 0 atom stereocenters. The lowest BCUT2D eigenvalue weighted by molar-refractivity contribution is -0.144. The number of nitrogens with zero attached hydrogens (tertiary/aromatic N) is 2. The van der Waals surface area contributed by atoms with Crippen molar-refractivity contribution in [1.29, 1.82) is 0 Å². The smallest absolute Gasteiger partial charge is 0.312 e. The van der Waals surface area contributed by atoms with Crippen molar-refractivity contribution < 1.29 is 32.6 Å². The molecule has 0 radical (unpaired) electrons. The molecule has 25 heavy (non-hydrogen) atoms. The van der Waals surface area contributed by atoms with E-state index in [1.165, 1.54) is 21.3 Å². The van der Waals surface area contributed by atoms with Crippen LogP contribution < -0.4 is 9.47 Å². The zero-order chi connectivity index (χ0) is 18.0. The van der Waals surface area contributed by atoms with Gasteiger partial charge >= 0.3 is 5.97 Å². The predicted octanol–water partition coefficient (Wildman–Crippen LogP) is -0.235. The minimum absolute atomic E-state index is 0.0991. The maximum absolute atomic E-state index is 12.8. The topological polar surface area (TPSA) is 113 Å². The summed E-state index contributed by atoms with van der Waals surface area (Å²) in [7, 11) is -3.72. The summed E-state index contributed by atoms with van der Waals surface area (Å²) in [5, 5.41) is 8.67. The lowest BCUT2D eigenvalue weighted by Crippen LogP contribution is -2.50. The number of amides is 1. The van der Waals surface area contributed by atoms with Gasteiger partial charge in [-0.25, -0.2) is 8.42 Å². The van der Waals surface area contributed by atoms with Gasteiger partial charge in [0.25, 0.3) is 0 Å². The Balaban J connectivity index is 1.70. The van der Waals surface area contributed by atoms with Crippen molar-refractivity contribution in [3.8, 4) is 11.5 Å². The van der Waals surface area contributed by atoms with Crippen molar-refractivity contribution in [2.75, 3.05) is 39.4 Å². The van der Waals surface area contributed by atoms with Crippen LogP contribution >= 0.6 is 0 Å². The number of rotatable bonds is 4. The first-order valence-corrected chi connectivity index (χ1v) is 9.21. The summed E-state index contributed by atoms with van der Waals surface area (Å²) in [6.07, 6.45) is -0.588. The fourth-order valence-electron chi connectivity index (χ4n) is 2.75. The number of carbonyl (C=O) groups excluding carboxylic acids is 1. The molecule has 1 saturated heterocycles. The second-order valence-corrected chi connectivity index (χ2v) is 7.60. The van der Waals surface area contributed by atoms with Crippen molar-refractivity contribution in [2.45, 2.75) is 11.3 Å². The van der Waals surface area contributed by atoms with Crippen LogP contribution in [0.4, 0.5) is 0 Å². The molecular weight excluding hydrogens is 352 g/mol. The molecular formula is C15H18N2O7S. The summed E-state index contributed by atoms with van der Waals surface area (Å²) in [5.41, 5.74) is 0. The molecule has 3 rings (SSSR count). The molecule has 0 bridgehead atoms. The molecule has 0 aliphatic carbocycles. The van der Waals surface area contributed by atoms with Gasteiger partial charge in [0.05, 0.1) is 4.90 Å². The van der Waals surface area contributed by atoms with E-state index < -0.39 is 28.3 Å². The van der Waals surface area contributed by atoms with Crippen LogP contribution in [0.25, 0.3) is 0 Å². The average molecular weight is 370 g/mol. The van der Waals surface area contributed by atoms with Crippen LogP contribution in [0.1, 0.15) is 6.42 Å². The van der Waals surface area contributed by atoms with Gasteiger partial charge in [-0.05, 0) is 12.1 Å². The Morgan fingerprint density at radius 3 is 2.32 bits per heavy atom. The number of carboxylic acids is 1. The predicted molar refractivity (Wildman–Crippen MR) is 85.0 cm³/mol. The van der Waals surface area contributed by atoms with E-state index in [9.17, 15) is 18.0 Å². The summed E-state index contributed by atoms with van der Waals surface area (Å²) in [4.78, 5) is 23.8. The van der Waals surface area contributed by atoms with Crippen LogP contribution in [-0.2, 0) is 19.6 Å². The molecule has 2 aliphatic heterocycles. The van der Waals surface area contributed by atoms with Crippen LogP contribution in [0.3, 0.4) is 0 Å². The summed E-state index contributed by atoms with van der Waals surface area (Å²) < 4.78 is 37.6. The number of sulfonamides is 1. The van der Waals surface area contributed by atoms with Crippen LogP contribution in [0.2, 0.25) is 0 Å². The quantitative estimate of drug-likeness (QED) is 0.728. The van der Waals surface area contributed by atoms with Gasteiger partial charge in [0.1, 0.15) is 19.6 Å². The van der Waals surface area contributed by atoms with Crippen LogP contribution in [0, 0.1) is 0 Å². The second kappa shape index (κ2) is 6.89. The van der Waals surface area contributed by atoms with E-state index in [1.807, 2.05) is 0 Å². The Labute approximate surface area is 144 Å². The largest absolute Gasteiger partial charge is 0.486 e. The molecule has 2 aliphatic rings. The van der Waals surface area contributed by atoms with Gasteiger partial charge in [-0.1, -0.05) is 0 Å². The van der Waals surface area contributed by atoms with Crippen molar-refractivity contribution >= 4 is 21.9 Å². The minimum Gasteiger partial charge on any atom is -0.486 e. The van der Waals surface area contributed by atoms with Crippen LogP contribution in [-0.4, -0.2) is 74.0 Å². The summed E-state index contributed by atoms with van der Waals surface area (Å²) >= 11 is 0. The average Bonchev–Trinajstić information content (AvgIpc) is 2.61. The van der Waals surface area contributed by atoms with E-state index >= 15 is 0 Å². The second-order valence-electron chi connectivity index (χ2n) is 5.66. The Morgan fingerprint density at radius 2 is 1.68 bits per heavy atom. The third-order valence-electron chi connectivity index (χ3n) is 4.05. The molecule has 0 unspecified atom stereocenters. The summed E-state index contributed by atoms with van der Waals surface area (Å²) in [6.45, 7) is 1.34. The highest BCUT2D eigenvalue weighted by Crippen LogP contribution is 2.33.